The topological polar surface area (TPSA) is 50.2 Å². The van der Waals surface area contributed by atoms with E-state index in [1.54, 1.807) is 0 Å². The van der Waals surface area contributed by atoms with Crippen LogP contribution < -0.4 is 5.32 Å². The highest BCUT2D eigenvalue weighted by Gasteiger charge is 2.20. The fourth-order valence-corrected chi connectivity index (χ4v) is 4.14. The van der Waals surface area contributed by atoms with E-state index in [9.17, 15) is 4.79 Å². The second kappa shape index (κ2) is 9.37. The number of hydrogen-bond donors (Lipinski definition) is 1. The minimum atomic E-state index is 0.0967. The van der Waals surface area contributed by atoms with Gasteiger partial charge in [0.25, 0.3) is 0 Å². The molecule has 5 heteroatoms. The molecule has 1 aliphatic rings. The van der Waals surface area contributed by atoms with Crippen molar-refractivity contribution >= 4 is 5.91 Å². The van der Waals surface area contributed by atoms with Gasteiger partial charge in [0.1, 0.15) is 0 Å². The molecule has 0 radical (unpaired) electrons. The van der Waals surface area contributed by atoms with Crippen molar-refractivity contribution in [3.8, 4) is 5.69 Å². The predicted octanol–water partition coefficient (Wildman–Crippen LogP) is 3.72. The van der Waals surface area contributed by atoms with Crippen molar-refractivity contribution < 1.29 is 4.79 Å². The molecule has 1 atom stereocenters. The molecule has 1 aromatic heterocycles. The lowest BCUT2D eigenvalue weighted by molar-refractivity contribution is -0.121. The summed E-state index contributed by atoms with van der Waals surface area (Å²) in [5.74, 6) is 0.0967. The fraction of sp³-hybridized carbons (Fsp3) is 0.565. The third kappa shape index (κ3) is 4.82. The number of aromatic nitrogens is 2. The summed E-state index contributed by atoms with van der Waals surface area (Å²) in [4.78, 5) is 15.3. The molecule has 5 nitrogen and oxygen atoms in total. The molecule has 1 fully saturated rings. The predicted molar refractivity (Wildman–Crippen MR) is 114 cm³/mol. The molecule has 0 saturated carbocycles. The van der Waals surface area contributed by atoms with Crippen molar-refractivity contribution in [2.24, 2.45) is 0 Å². The highest BCUT2D eigenvalue weighted by Crippen LogP contribution is 2.21. The van der Waals surface area contributed by atoms with Gasteiger partial charge >= 0.3 is 0 Å². The van der Waals surface area contributed by atoms with Crippen LogP contribution in [0.4, 0.5) is 0 Å². The third-order valence-corrected chi connectivity index (χ3v) is 5.91. The molecule has 1 saturated heterocycles. The Morgan fingerprint density at radius 1 is 1.14 bits per heavy atom. The van der Waals surface area contributed by atoms with E-state index in [2.05, 4.69) is 43.1 Å². The molecular formula is C23H34N4O. The zero-order valence-corrected chi connectivity index (χ0v) is 17.8. The molecule has 1 amide bonds. The molecule has 28 heavy (non-hydrogen) atoms. The first-order chi connectivity index (χ1) is 13.5. The van der Waals surface area contributed by atoms with Gasteiger partial charge < -0.3 is 10.2 Å². The molecule has 1 aliphatic heterocycles. The first kappa shape index (κ1) is 20.6. The molecule has 3 rings (SSSR count). The molecule has 1 unspecified atom stereocenters. The zero-order chi connectivity index (χ0) is 20.1. The number of aryl methyl sites for hydroxylation is 2. The van der Waals surface area contributed by atoms with Crippen molar-refractivity contribution in [3.05, 3.63) is 46.8 Å². The lowest BCUT2D eigenvalue weighted by Crippen LogP contribution is -2.45. The number of amides is 1. The largest absolute Gasteiger partial charge is 0.352 e. The van der Waals surface area contributed by atoms with Crippen molar-refractivity contribution in [2.45, 2.75) is 65.8 Å². The van der Waals surface area contributed by atoms with Crippen LogP contribution in [0.2, 0.25) is 0 Å². The van der Waals surface area contributed by atoms with Gasteiger partial charge in [0, 0.05) is 23.8 Å². The molecule has 152 valence electrons. The smallest absolute Gasteiger partial charge is 0.224 e. The molecular weight excluding hydrogens is 348 g/mol. The lowest BCUT2D eigenvalue weighted by Gasteiger charge is -2.30. The Labute approximate surface area is 169 Å². The van der Waals surface area contributed by atoms with Crippen LogP contribution in [0.5, 0.6) is 0 Å². The Kier molecular flexibility index (Phi) is 6.89. The van der Waals surface area contributed by atoms with Crippen molar-refractivity contribution in [3.63, 3.8) is 0 Å². The second-order valence-electron chi connectivity index (χ2n) is 8.06. The van der Waals surface area contributed by atoms with E-state index >= 15 is 0 Å². The number of nitrogens with zero attached hydrogens (tertiary/aromatic N) is 3. The summed E-state index contributed by atoms with van der Waals surface area (Å²) in [5, 5.41) is 7.98. The first-order valence-corrected chi connectivity index (χ1v) is 10.6. The monoisotopic (exact) mass is 382 g/mol. The summed E-state index contributed by atoms with van der Waals surface area (Å²) < 4.78 is 1.97. The highest BCUT2D eigenvalue weighted by molar-refractivity contribution is 5.79. The van der Waals surface area contributed by atoms with Crippen LogP contribution in [0.1, 0.15) is 55.1 Å². The molecule has 2 aromatic rings. The maximum Gasteiger partial charge on any atom is 0.224 e. The Hall–Kier alpha value is -2.14. The number of hydrogen-bond acceptors (Lipinski definition) is 3. The van der Waals surface area contributed by atoms with Crippen molar-refractivity contribution in [1.82, 2.24) is 20.0 Å². The number of carbonyl (C=O) groups excluding carboxylic acids is 1. The maximum absolute atomic E-state index is 12.8. The summed E-state index contributed by atoms with van der Waals surface area (Å²) in [5.41, 5.74) is 5.27. The number of nitrogens with one attached hydrogen (secondary N) is 1. The maximum atomic E-state index is 12.8. The Morgan fingerprint density at radius 2 is 1.86 bits per heavy atom. The van der Waals surface area contributed by atoms with E-state index in [0.717, 1.165) is 48.7 Å². The van der Waals surface area contributed by atoms with Crippen LogP contribution >= 0.6 is 0 Å². The zero-order valence-electron chi connectivity index (χ0n) is 17.8. The minimum Gasteiger partial charge on any atom is -0.352 e. The van der Waals surface area contributed by atoms with Gasteiger partial charge in [-0.2, -0.15) is 5.10 Å². The quantitative estimate of drug-likeness (QED) is 0.794. The van der Waals surface area contributed by atoms with Crippen molar-refractivity contribution in [1.29, 1.82) is 0 Å². The molecule has 0 bridgehead atoms. The van der Waals surface area contributed by atoms with Crippen LogP contribution in [0, 0.1) is 20.8 Å². The van der Waals surface area contributed by atoms with E-state index in [1.165, 1.54) is 24.8 Å². The van der Waals surface area contributed by atoms with E-state index in [0.29, 0.717) is 6.42 Å². The van der Waals surface area contributed by atoms with Gasteiger partial charge in [0.2, 0.25) is 5.91 Å². The second-order valence-corrected chi connectivity index (χ2v) is 8.06. The van der Waals surface area contributed by atoms with Gasteiger partial charge in [0.15, 0.2) is 0 Å². The van der Waals surface area contributed by atoms with Gasteiger partial charge in [-0.1, -0.05) is 31.5 Å². The van der Waals surface area contributed by atoms with Gasteiger partial charge in [0.05, 0.1) is 17.8 Å². The average molecular weight is 383 g/mol. The number of benzene rings is 1. The number of carbonyl (C=O) groups is 1. The number of likely N-dealkylation sites (tertiary alicyclic amines) is 1. The summed E-state index contributed by atoms with van der Waals surface area (Å²) in [6.07, 6.45) is 5.24. The van der Waals surface area contributed by atoms with Crippen LogP contribution in [0.15, 0.2) is 24.3 Å². The Balaban J connectivity index is 1.67. The number of piperidine rings is 1. The molecule has 1 N–H and O–H groups in total. The normalized spacial score (nSPS) is 16.1. The van der Waals surface area contributed by atoms with Crippen LogP contribution in [0.25, 0.3) is 5.69 Å². The first-order valence-electron chi connectivity index (χ1n) is 10.6. The van der Waals surface area contributed by atoms with Crippen LogP contribution in [-0.4, -0.2) is 46.3 Å². The number of rotatable bonds is 7. The summed E-state index contributed by atoms with van der Waals surface area (Å²) in [7, 11) is 0. The van der Waals surface area contributed by atoms with Crippen LogP contribution in [-0.2, 0) is 11.2 Å². The highest BCUT2D eigenvalue weighted by atomic mass is 16.1. The van der Waals surface area contributed by atoms with E-state index in [4.69, 9.17) is 5.10 Å². The van der Waals surface area contributed by atoms with Gasteiger partial charge in [-0.15, -0.1) is 0 Å². The van der Waals surface area contributed by atoms with E-state index in [1.807, 2.05) is 23.7 Å². The minimum absolute atomic E-state index is 0.0967. The summed E-state index contributed by atoms with van der Waals surface area (Å²) in [6.45, 7) is 11.6. The van der Waals surface area contributed by atoms with E-state index in [-0.39, 0.29) is 11.9 Å². The number of para-hydroxylation sites is 1. The standard InChI is InChI=1S/C23H34N4O/c1-5-20(16-26-13-9-6-10-14-26)24-23(28)15-21-18(3)25-27(19(21)4)22-12-8-7-11-17(22)2/h7-8,11-12,20H,5-6,9-10,13-16H2,1-4H3,(H,24,28). The van der Waals surface area contributed by atoms with Gasteiger partial charge in [-0.3, -0.25) is 4.79 Å². The van der Waals surface area contributed by atoms with E-state index < -0.39 is 0 Å². The van der Waals surface area contributed by atoms with Crippen LogP contribution in [0.3, 0.4) is 0 Å². The summed E-state index contributed by atoms with van der Waals surface area (Å²) in [6, 6.07) is 8.44. The van der Waals surface area contributed by atoms with Crippen molar-refractivity contribution in [2.75, 3.05) is 19.6 Å². The Morgan fingerprint density at radius 3 is 2.54 bits per heavy atom. The molecule has 0 spiro atoms. The SMILES string of the molecule is CCC(CN1CCCCC1)NC(=O)Cc1c(C)nn(-c2ccccc2C)c1C. The fourth-order valence-electron chi connectivity index (χ4n) is 4.14. The molecule has 0 aliphatic carbocycles. The third-order valence-electron chi connectivity index (χ3n) is 5.91. The van der Waals surface area contributed by atoms with Gasteiger partial charge in [-0.05, 0) is 64.8 Å². The van der Waals surface area contributed by atoms with Gasteiger partial charge in [-0.25, -0.2) is 4.68 Å². The molecule has 2 heterocycles. The average Bonchev–Trinajstić information content (AvgIpc) is 2.96. The Bertz CT molecular complexity index is 805. The summed E-state index contributed by atoms with van der Waals surface area (Å²) >= 11 is 0. The lowest BCUT2D eigenvalue weighted by atomic mass is 10.1. The molecule has 1 aromatic carbocycles.